The smallest absolute Gasteiger partial charge is 0.251 e. The van der Waals surface area contributed by atoms with Crippen LogP contribution in [0.4, 0.5) is 5.69 Å². The minimum absolute atomic E-state index is 0.177. The number of hydrogen-bond donors (Lipinski definition) is 2. The minimum Gasteiger partial charge on any atom is -0.487 e. The second-order valence-corrected chi connectivity index (χ2v) is 3.68. The molecule has 5 heteroatoms. The van der Waals surface area contributed by atoms with Gasteiger partial charge in [0.25, 0.3) is 5.56 Å². The first-order valence-electron chi connectivity index (χ1n) is 5.19. The van der Waals surface area contributed by atoms with Gasteiger partial charge in [-0.15, -0.1) is 0 Å². The third kappa shape index (κ3) is 3.07. The summed E-state index contributed by atoms with van der Waals surface area (Å²) in [6, 6.07) is 8.53. The van der Waals surface area contributed by atoms with Gasteiger partial charge in [-0.3, -0.25) is 4.79 Å². The molecule has 3 N–H and O–H groups in total. The van der Waals surface area contributed by atoms with Gasteiger partial charge in [-0.2, -0.15) is 0 Å². The SMILES string of the molecule is Cc1nc(COc2cccc(N)c2)cc(=O)[nH]1. The summed E-state index contributed by atoms with van der Waals surface area (Å²) in [4.78, 5) is 17.9. The Balaban J connectivity index is 2.09. The van der Waals surface area contributed by atoms with Crippen LogP contribution in [0.2, 0.25) is 0 Å². The molecule has 5 nitrogen and oxygen atoms in total. The van der Waals surface area contributed by atoms with E-state index in [0.717, 1.165) is 0 Å². The van der Waals surface area contributed by atoms with Crippen LogP contribution in [0.3, 0.4) is 0 Å². The maximum atomic E-state index is 11.2. The van der Waals surface area contributed by atoms with Crippen molar-refractivity contribution in [1.29, 1.82) is 0 Å². The first kappa shape index (κ1) is 11.2. The monoisotopic (exact) mass is 231 g/mol. The molecule has 0 bridgehead atoms. The number of rotatable bonds is 3. The molecule has 0 atom stereocenters. The van der Waals surface area contributed by atoms with Gasteiger partial charge < -0.3 is 15.5 Å². The van der Waals surface area contributed by atoms with Gasteiger partial charge in [0.15, 0.2) is 0 Å². The highest BCUT2D eigenvalue weighted by atomic mass is 16.5. The molecule has 0 aliphatic rings. The molecule has 2 rings (SSSR count). The van der Waals surface area contributed by atoms with Crippen LogP contribution >= 0.6 is 0 Å². The summed E-state index contributed by atoms with van der Waals surface area (Å²) < 4.78 is 5.49. The second-order valence-electron chi connectivity index (χ2n) is 3.68. The van der Waals surface area contributed by atoms with Crippen molar-refractivity contribution in [3.63, 3.8) is 0 Å². The van der Waals surface area contributed by atoms with Crippen molar-refractivity contribution in [3.05, 3.63) is 52.2 Å². The zero-order chi connectivity index (χ0) is 12.3. The predicted molar refractivity (Wildman–Crippen MR) is 64.8 cm³/mol. The van der Waals surface area contributed by atoms with E-state index in [-0.39, 0.29) is 12.2 Å². The molecule has 0 spiro atoms. The Labute approximate surface area is 98.3 Å². The average Bonchev–Trinajstić information content (AvgIpc) is 2.25. The molecule has 0 radical (unpaired) electrons. The topological polar surface area (TPSA) is 81.0 Å². The Morgan fingerprint density at radius 3 is 2.94 bits per heavy atom. The number of aromatic amines is 1. The summed E-state index contributed by atoms with van der Waals surface area (Å²) >= 11 is 0. The van der Waals surface area contributed by atoms with Gasteiger partial charge in [0.05, 0.1) is 5.69 Å². The number of nitrogen functional groups attached to an aromatic ring is 1. The Morgan fingerprint density at radius 1 is 1.41 bits per heavy atom. The molecule has 0 saturated heterocycles. The molecule has 2 aromatic rings. The number of benzene rings is 1. The summed E-state index contributed by atoms with van der Waals surface area (Å²) in [5.41, 5.74) is 6.68. The van der Waals surface area contributed by atoms with Crippen LogP contribution in [0.1, 0.15) is 11.5 Å². The number of aryl methyl sites for hydroxylation is 1. The highest BCUT2D eigenvalue weighted by molar-refractivity contribution is 5.43. The van der Waals surface area contributed by atoms with Crippen molar-refractivity contribution in [2.45, 2.75) is 13.5 Å². The van der Waals surface area contributed by atoms with E-state index in [1.54, 1.807) is 31.2 Å². The van der Waals surface area contributed by atoms with Crippen LogP contribution in [-0.4, -0.2) is 9.97 Å². The van der Waals surface area contributed by atoms with Crippen LogP contribution in [0.25, 0.3) is 0 Å². The molecule has 0 aliphatic carbocycles. The highest BCUT2D eigenvalue weighted by Crippen LogP contribution is 2.15. The first-order chi connectivity index (χ1) is 8.13. The fraction of sp³-hybridized carbons (Fsp3) is 0.167. The number of hydrogen-bond acceptors (Lipinski definition) is 4. The molecule has 88 valence electrons. The Kier molecular flexibility index (Phi) is 3.09. The Morgan fingerprint density at radius 2 is 2.24 bits per heavy atom. The lowest BCUT2D eigenvalue weighted by atomic mass is 10.3. The fourth-order valence-electron chi connectivity index (χ4n) is 1.48. The van der Waals surface area contributed by atoms with E-state index >= 15 is 0 Å². The van der Waals surface area contributed by atoms with E-state index in [2.05, 4.69) is 9.97 Å². The average molecular weight is 231 g/mol. The van der Waals surface area contributed by atoms with Crippen molar-refractivity contribution in [3.8, 4) is 5.75 Å². The van der Waals surface area contributed by atoms with Crippen molar-refractivity contribution < 1.29 is 4.74 Å². The van der Waals surface area contributed by atoms with Gasteiger partial charge in [-0.25, -0.2) is 4.98 Å². The number of H-pyrrole nitrogens is 1. The largest absolute Gasteiger partial charge is 0.487 e. The lowest BCUT2D eigenvalue weighted by Crippen LogP contribution is -2.12. The van der Waals surface area contributed by atoms with Crippen molar-refractivity contribution in [2.24, 2.45) is 0 Å². The van der Waals surface area contributed by atoms with Crippen LogP contribution in [0, 0.1) is 6.92 Å². The normalized spacial score (nSPS) is 10.2. The van der Waals surface area contributed by atoms with E-state index in [1.807, 2.05) is 0 Å². The van der Waals surface area contributed by atoms with Gasteiger partial charge in [-0.05, 0) is 19.1 Å². The summed E-state index contributed by atoms with van der Waals surface area (Å²) in [7, 11) is 0. The zero-order valence-electron chi connectivity index (χ0n) is 9.43. The number of ether oxygens (including phenoxy) is 1. The number of aromatic nitrogens is 2. The molecular formula is C12H13N3O2. The predicted octanol–water partition coefficient (Wildman–Crippen LogP) is 1.24. The third-order valence-corrected chi connectivity index (χ3v) is 2.16. The molecule has 0 unspecified atom stereocenters. The molecule has 1 heterocycles. The molecule has 17 heavy (non-hydrogen) atoms. The maximum Gasteiger partial charge on any atom is 0.251 e. The number of anilines is 1. The van der Waals surface area contributed by atoms with E-state index in [4.69, 9.17) is 10.5 Å². The third-order valence-electron chi connectivity index (χ3n) is 2.16. The standard InChI is InChI=1S/C12H13N3O2/c1-8-14-10(6-12(16)15-8)7-17-11-4-2-3-9(13)5-11/h2-6H,7,13H2,1H3,(H,14,15,16). The summed E-state index contributed by atoms with van der Waals surface area (Å²) in [5, 5.41) is 0. The van der Waals surface area contributed by atoms with Gasteiger partial charge in [0.2, 0.25) is 0 Å². The van der Waals surface area contributed by atoms with Gasteiger partial charge >= 0.3 is 0 Å². The molecule has 0 fully saturated rings. The minimum atomic E-state index is -0.177. The van der Waals surface area contributed by atoms with Gasteiger partial charge in [0.1, 0.15) is 18.2 Å². The molecular weight excluding hydrogens is 218 g/mol. The highest BCUT2D eigenvalue weighted by Gasteiger charge is 2.00. The van der Waals surface area contributed by atoms with E-state index in [9.17, 15) is 4.79 Å². The van der Waals surface area contributed by atoms with Gasteiger partial charge in [-0.1, -0.05) is 6.07 Å². The summed E-state index contributed by atoms with van der Waals surface area (Å²) in [5.74, 6) is 1.23. The Hall–Kier alpha value is -2.30. The number of nitrogens with two attached hydrogens (primary N) is 1. The maximum absolute atomic E-state index is 11.2. The molecule has 1 aromatic carbocycles. The van der Waals surface area contributed by atoms with Crippen molar-refractivity contribution in [1.82, 2.24) is 9.97 Å². The van der Waals surface area contributed by atoms with E-state index in [0.29, 0.717) is 23.0 Å². The second kappa shape index (κ2) is 4.69. The Bertz CT molecular complexity index is 578. The van der Waals surface area contributed by atoms with E-state index in [1.165, 1.54) is 6.07 Å². The van der Waals surface area contributed by atoms with Crippen LogP contribution < -0.4 is 16.0 Å². The molecule has 1 aromatic heterocycles. The summed E-state index contributed by atoms with van der Waals surface area (Å²) in [6.45, 7) is 1.97. The van der Waals surface area contributed by atoms with Crippen LogP contribution in [-0.2, 0) is 6.61 Å². The lowest BCUT2D eigenvalue weighted by Gasteiger charge is -2.06. The summed E-state index contributed by atoms with van der Waals surface area (Å²) in [6.07, 6.45) is 0. The first-order valence-corrected chi connectivity index (χ1v) is 5.19. The fourth-order valence-corrected chi connectivity index (χ4v) is 1.48. The zero-order valence-corrected chi connectivity index (χ0v) is 9.43. The number of nitrogens with one attached hydrogen (secondary N) is 1. The molecule has 0 aliphatic heterocycles. The quantitative estimate of drug-likeness (QED) is 0.779. The van der Waals surface area contributed by atoms with Crippen LogP contribution in [0.5, 0.6) is 5.75 Å². The lowest BCUT2D eigenvalue weighted by molar-refractivity contribution is 0.300. The van der Waals surface area contributed by atoms with Gasteiger partial charge in [0, 0.05) is 17.8 Å². The van der Waals surface area contributed by atoms with Crippen LogP contribution in [0.15, 0.2) is 35.1 Å². The van der Waals surface area contributed by atoms with Crippen molar-refractivity contribution in [2.75, 3.05) is 5.73 Å². The number of nitrogens with zero attached hydrogens (tertiary/aromatic N) is 1. The molecule has 0 saturated carbocycles. The van der Waals surface area contributed by atoms with E-state index < -0.39 is 0 Å². The molecule has 0 amide bonds. The van der Waals surface area contributed by atoms with Crippen molar-refractivity contribution >= 4 is 5.69 Å².